The molecule has 1 aliphatic heterocycles. The summed E-state index contributed by atoms with van der Waals surface area (Å²) in [4.78, 5) is 63.8. The van der Waals surface area contributed by atoms with Crippen LogP contribution >= 0.6 is 11.3 Å². The number of aromatic nitrogens is 1. The van der Waals surface area contributed by atoms with Gasteiger partial charge in [-0.25, -0.2) is 9.37 Å². The van der Waals surface area contributed by atoms with Crippen molar-refractivity contribution in [2.24, 2.45) is 29.1 Å². The van der Waals surface area contributed by atoms with Gasteiger partial charge in [-0.1, -0.05) is 66.4 Å². The molecule has 1 fully saturated rings. The number of nitrogens with zero attached hydrogens (tertiary/aromatic N) is 3. The lowest BCUT2D eigenvalue weighted by atomic mass is 9.80. The first-order chi connectivity index (χ1) is 27.4. The monoisotopic (exact) mass is 831 g/mol. The molecule has 3 rings (SSSR count). The zero-order chi connectivity index (χ0) is 43.2. The summed E-state index contributed by atoms with van der Waals surface area (Å²) < 4.78 is 20.7. The number of carboxylic acids is 1. The molecule has 6 atom stereocenters. The van der Waals surface area contributed by atoms with Crippen molar-refractivity contribution in [1.82, 2.24) is 20.1 Å². The van der Waals surface area contributed by atoms with E-state index in [1.807, 2.05) is 32.7 Å². The van der Waals surface area contributed by atoms with Crippen LogP contribution in [0.15, 0.2) is 23.6 Å². The fourth-order valence-corrected chi connectivity index (χ4v) is 8.58. The molecule has 1 aliphatic rings. The fourth-order valence-electron chi connectivity index (χ4n) is 7.77. The van der Waals surface area contributed by atoms with E-state index >= 15 is 0 Å². The number of unbranched alkanes of at least 4 members (excludes halogenated alkanes) is 3. The first kappa shape index (κ1) is 48.7. The molecular weight excluding hydrogens is 760 g/mol. The molecule has 12 nitrogen and oxygen atoms in total. The number of benzene rings is 1. The Balaban J connectivity index is 1.92. The van der Waals surface area contributed by atoms with Crippen molar-refractivity contribution in [2.45, 2.75) is 144 Å². The second-order valence-electron chi connectivity index (χ2n) is 17.2. The van der Waals surface area contributed by atoms with Gasteiger partial charge in [0.15, 0.2) is 0 Å². The van der Waals surface area contributed by atoms with E-state index in [1.54, 1.807) is 25.3 Å². The Bertz CT molecular complexity index is 1640. The highest BCUT2D eigenvalue weighted by Crippen LogP contribution is 2.35. The molecule has 14 heteroatoms. The van der Waals surface area contributed by atoms with E-state index < -0.39 is 41.0 Å². The van der Waals surface area contributed by atoms with Crippen molar-refractivity contribution in [1.29, 1.82) is 0 Å². The molecule has 1 aromatic heterocycles. The molecule has 1 saturated heterocycles. The van der Waals surface area contributed by atoms with E-state index in [-0.39, 0.29) is 54.4 Å². The van der Waals surface area contributed by atoms with Gasteiger partial charge in [0.2, 0.25) is 17.7 Å². The number of hydrogen-bond acceptors (Lipinski definition) is 9. The van der Waals surface area contributed by atoms with Gasteiger partial charge < -0.3 is 31.1 Å². The number of hydrogen-bond donors (Lipinski definition) is 4. The topological polar surface area (TPSA) is 167 Å². The third-order valence-electron chi connectivity index (χ3n) is 11.7. The van der Waals surface area contributed by atoms with Gasteiger partial charge in [-0.05, 0) is 102 Å². The number of carboxylic acid groups (broad SMARTS) is 1. The maximum atomic E-state index is 14.9. The highest BCUT2D eigenvalue weighted by Gasteiger charge is 2.40. The highest BCUT2D eigenvalue weighted by molar-refractivity contribution is 7.10. The van der Waals surface area contributed by atoms with Crippen LogP contribution < -0.4 is 16.4 Å². The van der Waals surface area contributed by atoms with Gasteiger partial charge in [0.05, 0.1) is 17.3 Å². The number of halogens is 1. The number of nitrogens with two attached hydrogens (primary N) is 1. The van der Waals surface area contributed by atoms with Crippen LogP contribution in [0.3, 0.4) is 0 Å². The average Bonchev–Trinajstić information content (AvgIpc) is 3.63. The van der Waals surface area contributed by atoms with Crippen molar-refractivity contribution in [2.75, 3.05) is 37.8 Å². The highest BCUT2D eigenvalue weighted by atomic mass is 32.1. The van der Waals surface area contributed by atoms with E-state index in [2.05, 4.69) is 36.3 Å². The van der Waals surface area contributed by atoms with Crippen LogP contribution in [0.1, 0.15) is 136 Å². The summed E-state index contributed by atoms with van der Waals surface area (Å²) in [6.07, 6.45) is 7.49. The second kappa shape index (κ2) is 23.2. The third-order valence-corrected chi connectivity index (χ3v) is 12.6. The van der Waals surface area contributed by atoms with Gasteiger partial charge >= 0.3 is 5.97 Å². The molecule has 0 unspecified atom stereocenters. The quantitative estimate of drug-likeness (QED) is 0.0463. The molecule has 58 heavy (non-hydrogen) atoms. The molecule has 1 aromatic carbocycles. The summed E-state index contributed by atoms with van der Waals surface area (Å²) >= 11 is 1.33. The Kier molecular flexibility index (Phi) is 19.5. The number of nitrogen functional groups attached to an aromatic ring is 1. The molecule has 3 amide bonds. The smallest absolute Gasteiger partial charge is 0.309 e. The number of amides is 3. The summed E-state index contributed by atoms with van der Waals surface area (Å²) in [5.74, 6) is -3.94. The molecule has 5 N–H and O–H groups in total. The number of aliphatic carboxylic acids is 1. The first-order valence-corrected chi connectivity index (χ1v) is 22.3. The van der Waals surface area contributed by atoms with Crippen LogP contribution in [-0.2, 0) is 30.3 Å². The van der Waals surface area contributed by atoms with Crippen LogP contribution in [-0.4, -0.2) is 82.5 Å². The SMILES string of the molecule is CCCCCCN(C(=O)[C@H](C(=O)N[C@H]1CCCCN1C)[C@@H](C)CC)[C@H](C[C@@H](OCC)c1nc(NC(=O)[C@@H](Cc2ccc(N)c(F)c2)CC(C)(C)C(=O)O)cs1)C(C)C. The molecule has 0 bridgehead atoms. The molecule has 2 aromatic rings. The lowest BCUT2D eigenvalue weighted by Gasteiger charge is -2.40. The Morgan fingerprint density at radius 3 is 2.43 bits per heavy atom. The number of carbonyl (C=O) groups is 4. The summed E-state index contributed by atoms with van der Waals surface area (Å²) in [5, 5.41) is 18.3. The van der Waals surface area contributed by atoms with E-state index in [0.29, 0.717) is 42.4 Å². The first-order valence-electron chi connectivity index (χ1n) is 21.4. The maximum absolute atomic E-state index is 14.9. The Hall–Kier alpha value is -3.62. The molecule has 0 aliphatic carbocycles. The minimum atomic E-state index is -1.23. The normalized spacial score (nSPS) is 17.6. The largest absolute Gasteiger partial charge is 0.481 e. The molecule has 0 spiro atoms. The second-order valence-corrected chi connectivity index (χ2v) is 18.0. The average molecular weight is 831 g/mol. The van der Waals surface area contributed by atoms with E-state index in [4.69, 9.17) is 15.5 Å². The predicted octanol–water partition coefficient (Wildman–Crippen LogP) is 8.28. The van der Waals surface area contributed by atoms with Gasteiger partial charge in [-0.15, -0.1) is 11.3 Å². The molecule has 0 saturated carbocycles. The van der Waals surface area contributed by atoms with Crippen LogP contribution in [0.25, 0.3) is 0 Å². The van der Waals surface area contributed by atoms with Crippen LogP contribution in [0, 0.1) is 34.9 Å². The van der Waals surface area contributed by atoms with Gasteiger partial charge in [0.1, 0.15) is 28.7 Å². The Labute approximate surface area is 350 Å². The van der Waals surface area contributed by atoms with Crippen LogP contribution in [0.4, 0.5) is 15.9 Å². The van der Waals surface area contributed by atoms with E-state index in [9.17, 15) is 28.7 Å². The summed E-state index contributed by atoms with van der Waals surface area (Å²) in [7, 11) is 2.02. The zero-order valence-corrected chi connectivity index (χ0v) is 37.3. The van der Waals surface area contributed by atoms with E-state index in [1.165, 1.54) is 23.5 Å². The lowest BCUT2D eigenvalue weighted by molar-refractivity contribution is -0.149. The number of ether oxygens (including phenoxy) is 1. The van der Waals surface area contributed by atoms with Gasteiger partial charge in [-0.2, -0.15) is 0 Å². The third kappa shape index (κ3) is 14.0. The number of rotatable bonds is 24. The molecule has 326 valence electrons. The lowest BCUT2D eigenvalue weighted by Crippen LogP contribution is -2.56. The number of thiazole rings is 1. The predicted molar refractivity (Wildman–Crippen MR) is 230 cm³/mol. The number of nitrogens with one attached hydrogen (secondary N) is 2. The van der Waals surface area contributed by atoms with Crippen LogP contribution in [0.2, 0.25) is 0 Å². The molecule has 2 heterocycles. The standard InChI is InChI=1S/C44H71FN6O6S/c1-10-13-14-16-22-51(42(54)38(29(6)11-2)40(53)49-37-18-15-17-21-50(37)9)34(28(4)5)25-35(57-12-3)41-48-36(27-58-41)47-39(52)31(26-44(7,8)43(55)56)23-30-19-20-33(46)32(45)24-30/h19-20,24,27-29,31,34-35,37-38H,10-18,21-23,25-26,46H2,1-9H3,(H,47,52)(H,49,53)(H,55,56)/t29-,31-,34+,35+,37+,38-/m0/s1. The van der Waals surface area contributed by atoms with Crippen molar-refractivity contribution in [3.05, 3.63) is 40.0 Å². The minimum absolute atomic E-state index is 0.00391. The van der Waals surface area contributed by atoms with E-state index in [0.717, 1.165) is 51.5 Å². The van der Waals surface area contributed by atoms with Gasteiger partial charge in [-0.3, -0.25) is 24.1 Å². The number of anilines is 2. The number of piperidine rings is 1. The van der Waals surface area contributed by atoms with Crippen molar-refractivity contribution in [3.8, 4) is 0 Å². The maximum Gasteiger partial charge on any atom is 0.309 e. The summed E-state index contributed by atoms with van der Waals surface area (Å²) in [6.45, 7) is 17.2. The zero-order valence-electron chi connectivity index (χ0n) is 36.4. The van der Waals surface area contributed by atoms with Crippen molar-refractivity contribution >= 4 is 46.5 Å². The fraction of sp³-hybridized carbons (Fsp3) is 0.705. The molecular formula is C44H71FN6O6S. The Morgan fingerprint density at radius 1 is 1.10 bits per heavy atom. The Morgan fingerprint density at radius 2 is 1.83 bits per heavy atom. The van der Waals surface area contributed by atoms with Crippen molar-refractivity contribution in [3.63, 3.8) is 0 Å². The number of likely N-dealkylation sites (tertiary alicyclic amines) is 1. The van der Waals surface area contributed by atoms with Crippen LogP contribution in [0.5, 0.6) is 0 Å². The van der Waals surface area contributed by atoms with Crippen molar-refractivity contribution < 1.29 is 33.4 Å². The van der Waals surface area contributed by atoms with Gasteiger partial charge in [0.25, 0.3) is 0 Å². The number of carbonyl (C=O) groups excluding carboxylic acids is 3. The van der Waals surface area contributed by atoms with Gasteiger partial charge in [0, 0.05) is 36.9 Å². The minimum Gasteiger partial charge on any atom is -0.481 e. The summed E-state index contributed by atoms with van der Waals surface area (Å²) in [6, 6.07) is 4.07. The molecule has 0 radical (unpaired) electrons. The summed E-state index contributed by atoms with van der Waals surface area (Å²) in [5.41, 5.74) is 4.95.